The van der Waals surface area contributed by atoms with E-state index < -0.39 is 11.7 Å². The molecule has 1 fully saturated rings. The minimum Gasteiger partial charge on any atom is -0.508 e. The molecule has 27 heavy (non-hydrogen) atoms. The van der Waals surface area contributed by atoms with Crippen LogP contribution in [0.2, 0.25) is 0 Å². The lowest BCUT2D eigenvalue weighted by atomic mass is 10.2. The molecule has 2 rings (SSSR count). The molecule has 0 aliphatic carbocycles. The van der Waals surface area contributed by atoms with E-state index >= 15 is 0 Å². The smallest absolute Gasteiger partial charge is 0.408 e. The predicted octanol–water partition coefficient (Wildman–Crippen LogP) is 1.59. The average Bonchev–Trinajstić information content (AvgIpc) is 2.83. The molecule has 2 N–H and O–H groups in total. The van der Waals surface area contributed by atoms with Crippen LogP contribution in [0.1, 0.15) is 37.6 Å². The second kappa shape index (κ2) is 8.75. The topological polar surface area (TPSA) is 99.2 Å². The lowest BCUT2D eigenvalue weighted by Gasteiger charge is -2.23. The first-order valence-electron chi connectivity index (χ1n) is 8.98. The third-order valence-corrected chi connectivity index (χ3v) is 4.01. The highest BCUT2D eigenvalue weighted by atomic mass is 16.6. The SMILES string of the molecule is CC(C)(C)OC(=O)NCC(=O)N1CCCN(C(=O)c2cccc(O)c2)CC1. The number of hydrogen-bond donors (Lipinski definition) is 2. The zero-order valence-electron chi connectivity index (χ0n) is 16.0. The van der Waals surface area contributed by atoms with Crippen molar-refractivity contribution in [3.05, 3.63) is 29.8 Å². The van der Waals surface area contributed by atoms with Gasteiger partial charge in [0, 0.05) is 31.7 Å². The van der Waals surface area contributed by atoms with Crippen molar-refractivity contribution >= 4 is 17.9 Å². The third-order valence-electron chi connectivity index (χ3n) is 4.01. The van der Waals surface area contributed by atoms with Crippen molar-refractivity contribution in [3.63, 3.8) is 0 Å². The van der Waals surface area contributed by atoms with Gasteiger partial charge in [0.05, 0.1) is 0 Å². The van der Waals surface area contributed by atoms with Crippen LogP contribution in [0, 0.1) is 0 Å². The van der Waals surface area contributed by atoms with E-state index in [1.54, 1.807) is 42.7 Å². The minimum atomic E-state index is -0.633. The Morgan fingerprint density at radius 1 is 1.11 bits per heavy atom. The van der Waals surface area contributed by atoms with Gasteiger partial charge in [-0.15, -0.1) is 0 Å². The van der Waals surface area contributed by atoms with E-state index in [9.17, 15) is 19.5 Å². The van der Waals surface area contributed by atoms with Crippen molar-refractivity contribution in [1.29, 1.82) is 0 Å². The Labute approximate surface area is 159 Å². The molecule has 0 bridgehead atoms. The summed E-state index contributed by atoms with van der Waals surface area (Å²) in [5.41, 5.74) is -0.205. The molecule has 0 saturated carbocycles. The summed E-state index contributed by atoms with van der Waals surface area (Å²) in [7, 11) is 0. The van der Waals surface area contributed by atoms with E-state index in [2.05, 4.69) is 5.32 Å². The van der Waals surface area contributed by atoms with Gasteiger partial charge in [-0.3, -0.25) is 9.59 Å². The molecule has 1 aliphatic rings. The molecule has 1 aromatic rings. The number of nitrogens with one attached hydrogen (secondary N) is 1. The number of carbonyl (C=O) groups excluding carboxylic acids is 3. The van der Waals surface area contributed by atoms with Crippen LogP contribution in [0.3, 0.4) is 0 Å². The monoisotopic (exact) mass is 377 g/mol. The summed E-state index contributed by atoms with van der Waals surface area (Å²) < 4.78 is 5.11. The Bertz CT molecular complexity index is 699. The fourth-order valence-electron chi connectivity index (χ4n) is 2.77. The highest BCUT2D eigenvalue weighted by Gasteiger charge is 2.24. The van der Waals surface area contributed by atoms with Gasteiger partial charge in [0.25, 0.3) is 5.91 Å². The van der Waals surface area contributed by atoms with Crippen LogP contribution in [0.25, 0.3) is 0 Å². The van der Waals surface area contributed by atoms with E-state index in [1.165, 1.54) is 12.1 Å². The molecule has 1 saturated heterocycles. The lowest BCUT2D eigenvalue weighted by Crippen LogP contribution is -2.43. The molecule has 1 aliphatic heterocycles. The standard InChI is InChI=1S/C19H27N3O5/c1-19(2,3)27-18(26)20-13-16(24)21-8-5-9-22(11-10-21)17(25)14-6-4-7-15(23)12-14/h4,6-7,12,23H,5,8-11,13H2,1-3H3,(H,20,26). The number of nitrogens with zero attached hydrogens (tertiary/aromatic N) is 2. The van der Waals surface area contributed by atoms with Crippen molar-refractivity contribution in [2.24, 2.45) is 0 Å². The van der Waals surface area contributed by atoms with E-state index in [1.807, 2.05) is 0 Å². The summed E-state index contributed by atoms with van der Waals surface area (Å²) in [6.07, 6.45) is 0.00860. The van der Waals surface area contributed by atoms with Gasteiger partial charge in [-0.1, -0.05) is 6.07 Å². The maximum atomic E-state index is 12.6. The van der Waals surface area contributed by atoms with Gasteiger partial charge in [0.1, 0.15) is 17.9 Å². The Kier molecular flexibility index (Phi) is 6.65. The second-order valence-corrected chi connectivity index (χ2v) is 7.43. The minimum absolute atomic E-state index is 0.0423. The van der Waals surface area contributed by atoms with Crippen molar-refractivity contribution < 1.29 is 24.2 Å². The Hall–Kier alpha value is -2.77. The zero-order chi connectivity index (χ0) is 20.0. The largest absolute Gasteiger partial charge is 0.508 e. The van der Waals surface area contributed by atoms with Gasteiger partial charge in [0.2, 0.25) is 5.91 Å². The number of alkyl carbamates (subject to hydrolysis) is 1. The zero-order valence-corrected chi connectivity index (χ0v) is 16.0. The quantitative estimate of drug-likeness (QED) is 0.833. The molecule has 3 amide bonds. The summed E-state index contributed by atoms with van der Waals surface area (Å²) >= 11 is 0. The van der Waals surface area contributed by atoms with Crippen LogP contribution in [-0.4, -0.2) is 71.1 Å². The third kappa shape index (κ3) is 6.47. The first-order valence-corrected chi connectivity index (χ1v) is 8.98. The number of carbonyl (C=O) groups is 3. The van der Waals surface area contributed by atoms with Gasteiger partial charge in [0.15, 0.2) is 0 Å². The van der Waals surface area contributed by atoms with E-state index in [0.29, 0.717) is 38.2 Å². The van der Waals surface area contributed by atoms with Crippen molar-refractivity contribution in [3.8, 4) is 5.75 Å². The number of benzene rings is 1. The summed E-state index contributed by atoms with van der Waals surface area (Å²) in [5, 5.41) is 12.0. The fraction of sp³-hybridized carbons (Fsp3) is 0.526. The van der Waals surface area contributed by atoms with E-state index in [-0.39, 0.29) is 24.1 Å². The highest BCUT2D eigenvalue weighted by Crippen LogP contribution is 2.14. The average molecular weight is 377 g/mol. The molecule has 1 aromatic carbocycles. The van der Waals surface area contributed by atoms with Crippen LogP contribution in [-0.2, 0) is 9.53 Å². The number of phenols is 1. The molecule has 148 valence electrons. The van der Waals surface area contributed by atoms with Crippen molar-refractivity contribution in [1.82, 2.24) is 15.1 Å². The summed E-state index contributed by atoms with van der Waals surface area (Å²) in [4.78, 5) is 39.9. The van der Waals surface area contributed by atoms with Crippen molar-refractivity contribution in [2.75, 3.05) is 32.7 Å². The number of ether oxygens (including phenoxy) is 1. The molecule has 0 atom stereocenters. The second-order valence-electron chi connectivity index (χ2n) is 7.43. The Morgan fingerprint density at radius 2 is 1.78 bits per heavy atom. The first kappa shape index (κ1) is 20.5. The number of rotatable bonds is 3. The fourth-order valence-corrected chi connectivity index (χ4v) is 2.77. The highest BCUT2D eigenvalue weighted by molar-refractivity contribution is 5.94. The first-order chi connectivity index (χ1) is 12.7. The van der Waals surface area contributed by atoms with Gasteiger partial charge >= 0.3 is 6.09 Å². The summed E-state index contributed by atoms with van der Waals surface area (Å²) in [5.74, 6) is -0.347. The normalized spacial score (nSPS) is 15.1. The van der Waals surface area contributed by atoms with Crippen LogP contribution in [0.5, 0.6) is 5.75 Å². The molecular formula is C19H27N3O5. The van der Waals surface area contributed by atoms with E-state index in [0.717, 1.165) is 0 Å². The number of hydrogen-bond acceptors (Lipinski definition) is 5. The summed E-state index contributed by atoms with van der Waals surface area (Å²) in [6.45, 7) is 6.93. The molecule has 8 nitrogen and oxygen atoms in total. The van der Waals surface area contributed by atoms with E-state index in [4.69, 9.17) is 4.74 Å². The van der Waals surface area contributed by atoms with Gasteiger partial charge in [-0.05, 0) is 45.4 Å². The number of amides is 3. The lowest BCUT2D eigenvalue weighted by molar-refractivity contribution is -0.130. The maximum absolute atomic E-state index is 12.6. The molecule has 0 spiro atoms. The molecule has 1 heterocycles. The van der Waals surface area contributed by atoms with Crippen LogP contribution in [0.15, 0.2) is 24.3 Å². The van der Waals surface area contributed by atoms with Gasteiger partial charge in [-0.2, -0.15) is 0 Å². The molecular weight excluding hydrogens is 350 g/mol. The molecule has 8 heteroatoms. The van der Waals surface area contributed by atoms with Crippen molar-refractivity contribution in [2.45, 2.75) is 32.8 Å². The molecule has 0 unspecified atom stereocenters. The van der Waals surface area contributed by atoms with Crippen LogP contribution in [0.4, 0.5) is 4.79 Å². The van der Waals surface area contributed by atoms with Crippen LogP contribution < -0.4 is 5.32 Å². The van der Waals surface area contributed by atoms with Gasteiger partial charge in [-0.25, -0.2) is 4.79 Å². The Morgan fingerprint density at radius 3 is 2.44 bits per heavy atom. The van der Waals surface area contributed by atoms with Gasteiger partial charge < -0.3 is 25.0 Å². The number of phenolic OH excluding ortho intramolecular Hbond substituents is 1. The maximum Gasteiger partial charge on any atom is 0.408 e. The van der Waals surface area contributed by atoms with Crippen LogP contribution >= 0.6 is 0 Å². The predicted molar refractivity (Wildman–Crippen MR) is 99.4 cm³/mol. The Balaban J connectivity index is 1.86. The molecule has 0 radical (unpaired) electrons. The summed E-state index contributed by atoms with van der Waals surface area (Å²) in [6, 6.07) is 6.22. The number of aromatic hydroxyl groups is 1. The molecule has 0 aromatic heterocycles.